The fraction of sp³-hybridized carbons (Fsp3) is 0.621. The highest BCUT2D eigenvalue weighted by atomic mass is 16.2. The van der Waals surface area contributed by atoms with Crippen LogP contribution in [-0.2, 0) is 9.59 Å². The number of hydrogen-bond acceptors (Lipinski definition) is 7. The van der Waals surface area contributed by atoms with Crippen molar-refractivity contribution in [3.63, 3.8) is 0 Å². The van der Waals surface area contributed by atoms with E-state index in [9.17, 15) is 9.59 Å². The van der Waals surface area contributed by atoms with Gasteiger partial charge in [-0.2, -0.15) is 0 Å². The van der Waals surface area contributed by atoms with E-state index in [1.54, 1.807) is 7.05 Å². The first-order chi connectivity index (χ1) is 18.4. The van der Waals surface area contributed by atoms with E-state index in [0.717, 1.165) is 35.9 Å². The number of nitrogens with two attached hydrogens (primary N) is 2. The summed E-state index contributed by atoms with van der Waals surface area (Å²) in [5.74, 6) is 1.07. The van der Waals surface area contributed by atoms with E-state index in [-0.39, 0.29) is 43.4 Å². The topological polar surface area (TPSA) is 138 Å². The largest absolute Gasteiger partial charge is 0.383 e. The highest BCUT2D eigenvalue weighted by Crippen LogP contribution is 2.37. The second-order valence-corrected chi connectivity index (χ2v) is 11.1. The van der Waals surface area contributed by atoms with Gasteiger partial charge < -0.3 is 32.3 Å². The Morgan fingerprint density at radius 2 is 1.63 bits per heavy atom. The molecule has 9 heteroatoms. The fourth-order valence-electron chi connectivity index (χ4n) is 6.34. The highest BCUT2D eigenvalue weighted by Gasteiger charge is 2.37. The molecule has 5 rings (SSSR count). The molecule has 208 valence electrons. The van der Waals surface area contributed by atoms with Crippen LogP contribution in [0.2, 0.25) is 0 Å². The SMILES string of the molecule is CNc1c(N)nc2ccccc2c1N(C)CNC(=O)CCC(=O)NC1C2CCCCCCCC(CC2)C1N. The number of aromatic nitrogens is 1. The molecule has 3 fully saturated rings. The van der Waals surface area contributed by atoms with E-state index >= 15 is 0 Å². The molecular weight excluding hydrogens is 478 g/mol. The summed E-state index contributed by atoms with van der Waals surface area (Å²) < 4.78 is 0. The first-order valence-corrected chi connectivity index (χ1v) is 14.3. The number of nitrogens with zero attached hydrogens (tertiary/aromatic N) is 2. The summed E-state index contributed by atoms with van der Waals surface area (Å²) in [5.41, 5.74) is 15.3. The van der Waals surface area contributed by atoms with Crippen LogP contribution in [-0.4, -0.2) is 49.6 Å². The van der Waals surface area contributed by atoms with Crippen molar-refractivity contribution in [3.05, 3.63) is 24.3 Å². The summed E-state index contributed by atoms with van der Waals surface area (Å²) in [6, 6.07) is 7.79. The van der Waals surface area contributed by atoms with Crippen LogP contribution >= 0.6 is 0 Å². The lowest BCUT2D eigenvalue weighted by Crippen LogP contribution is -2.57. The molecule has 1 heterocycles. The number of pyridine rings is 1. The van der Waals surface area contributed by atoms with Crippen molar-refractivity contribution in [1.82, 2.24) is 15.6 Å². The van der Waals surface area contributed by atoms with Gasteiger partial charge in [-0.05, 0) is 43.6 Å². The summed E-state index contributed by atoms with van der Waals surface area (Å²) in [6.07, 6.45) is 11.2. The third kappa shape index (κ3) is 6.67. The van der Waals surface area contributed by atoms with Gasteiger partial charge in [0.25, 0.3) is 0 Å². The smallest absolute Gasteiger partial charge is 0.221 e. The number of benzene rings is 1. The Morgan fingerprint density at radius 1 is 0.974 bits per heavy atom. The zero-order valence-electron chi connectivity index (χ0n) is 23.0. The molecule has 1 aromatic heterocycles. The molecule has 3 aliphatic carbocycles. The van der Waals surface area contributed by atoms with Crippen molar-refractivity contribution >= 4 is 39.9 Å². The minimum absolute atomic E-state index is 0.00210. The van der Waals surface area contributed by atoms with Gasteiger partial charge in [-0.1, -0.05) is 50.3 Å². The second-order valence-electron chi connectivity index (χ2n) is 11.1. The number of carbonyl (C=O) groups is 2. The van der Waals surface area contributed by atoms with Crippen molar-refractivity contribution in [2.24, 2.45) is 17.6 Å². The predicted molar refractivity (Wildman–Crippen MR) is 155 cm³/mol. The number of carbonyl (C=O) groups excluding carboxylic acids is 2. The summed E-state index contributed by atoms with van der Waals surface area (Å²) in [7, 11) is 3.70. The molecule has 2 amide bonds. The lowest BCUT2D eigenvalue weighted by molar-refractivity contribution is -0.127. The van der Waals surface area contributed by atoms with Crippen LogP contribution in [0.1, 0.15) is 70.6 Å². The predicted octanol–water partition coefficient (Wildman–Crippen LogP) is 3.73. The molecule has 3 aliphatic rings. The molecule has 2 bridgehead atoms. The molecule has 1 aromatic carbocycles. The van der Waals surface area contributed by atoms with Gasteiger partial charge in [0, 0.05) is 44.4 Å². The lowest BCUT2D eigenvalue weighted by atomic mass is 9.72. The van der Waals surface area contributed by atoms with Gasteiger partial charge in [0.2, 0.25) is 11.8 Å². The normalized spacial score (nSPS) is 23.9. The number of anilines is 3. The van der Waals surface area contributed by atoms with E-state index in [1.165, 1.54) is 38.5 Å². The Morgan fingerprint density at radius 3 is 2.39 bits per heavy atom. The van der Waals surface area contributed by atoms with Gasteiger partial charge >= 0.3 is 0 Å². The Balaban J connectivity index is 1.31. The minimum atomic E-state index is -0.169. The monoisotopic (exact) mass is 523 g/mol. The average Bonchev–Trinajstić information content (AvgIpc) is 2.99. The number of hydrogen-bond donors (Lipinski definition) is 5. The molecule has 0 radical (unpaired) electrons. The summed E-state index contributed by atoms with van der Waals surface area (Å²) >= 11 is 0. The molecule has 0 spiro atoms. The zero-order chi connectivity index (χ0) is 27.1. The maximum atomic E-state index is 12.9. The average molecular weight is 524 g/mol. The molecule has 2 aromatic rings. The Labute approximate surface area is 226 Å². The standard InChI is InChI=1S/C29H45N7O2/c1-32-27-28(21-12-8-9-13-22(21)34-29(27)31)36(2)18-33-23(37)16-17-24(38)35-26-20-11-7-5-3-4-6-10-19(14-15-20)25(26)30/h8-9,12-13,19-20,25-26,32H,3-7,10-11,14-18,30H2,1-2H3,(H2,31,34)(H,33,37)(H,35,38). The third-order valence-electron chi connectivity index (χ3n) is 8.47. The first-order valence-electron chi connectivity index (χ1n) is 14.3. The van der Waals surface area contributed by atoms with Crippen LogP contribution in [0.4, 0.5) is 17.2 Å². The highest BCUT2D eigenvalue weighted by molar-refractivity contribution is 6.02. The van der Waals surface area contributed by atoms with Crippen LogP contribution in [0.5, 0.6) is 0 Å². The molecule has 4 atom stereocenters. The quantitative estimate of drug-likeness (QED) is 0.332. The van der Waals surface area contributed by atoms with Gasteiger partial charge in [0.05, 0.1) is 17.9 Å². The number of nitrogens with one attached hydrogen (secondary N) is 3. The van der Waals surface area contributed by atoms with Gasteiger partial charge in [-0.15, -0.1) is 0 Å². The Bertz CT molecular complexity index is 1100. The van der Waals surface area contributed by atoms with Crippen LogP contribution < -0.4 is 32.3 Å². The maximum absolute atomic E-state index is 12.9. The lowest BCUT2D eigenvalue weighted by Gasteiger charge is -2.42. The summed E-state index contributed by atoms with van der Waals surface area (Å²) in [5, 5.41) is 10.3. The van der Waals surface area contributed by atoms with Crippen molar-refractivity contribution in [2.45, 2.75) is 82.7 Å². The second kappa shape index (κ2) is 13.1. The van der Waals surface area contributed by atoms with Crippen LogP contribution in [0.25, 0.3) is 10.9 Å². The number of para-hydroxylation sites is 1. The van der Waals surface area contributed by atoms with Crippen molar-refractivity contribution in [1.29, 1.82) is 0 Å². The molecular formula is C29H45N7O2. The number of fused-ring (bicyclic) bond motifs is 9. The zero-order valence-corrected chi connectivity index (χ0v) is 23.0. The van der Waals surface area contributed by atoms with Crippen molar-refractivity contribution < 1.29 is 9.59 Å². The first kappa shape index (κ1) is 28.0. The number of nitrogen functional groups attached to an aromatic ring is 1. The molecule has 0 saturated heterocycles. The Kier molecular flexibility index (Phi) is 9.66. The van der Waals surface area contributed by atoms with E-state index in [4.69, 9.17) is 11.5 Å². The fourth-order valence-corrected chi connectivity index (χ4v) is 6.34. The molecule has 7 N–H and O–H groups in total. The van der Waals surface area contributed by atoms with E-state index < -0.39 is 0 Å². The van der Waals surface area contributed by atoms with Gasteiger partial charge in [0.15, 0.2) is 0 Å². The van der Waals surface area contributed by atoms with Crippen molar-refractivity contribution in [2.75, 3.05) is 36.7 Å². The molecule has 38 heavy (non-hydrogen) atoms. The number of amides is 2. The van der Waals surface area contributed by atoms with E-state index in [1.807, 2.05) is 36.2 Å². The maximum Gasteiger partial charge on any atom is 0.221 e. The van der Waals surface area contributed by atoms with Crippen molar-refractivity contribution in [3.8, 4) is 0 Å². The van der Waals surface area contributed by atoms with E-state index in [0.29, 0.717) is 23.3 Å². The van der Waals surface area contributed by atoms with E-state index in [2.05, 4.69) is 20.9 Å². The van der Waals surface area contributed by atoms with Gasteiger partial charge in [-0.25, -0.2) is 4.98 Å². The molecule has 9 nitrogen and oxygen atoms in total. The number of rotatable bonds is 8. The Hall–Kier alpha value is -3.07. The molecule has 3 saturated carbocycles. The molecule has 0 aliphatic heterocycles. The molecule has 4 unspecified atom stereocenters. The minimum Gasteiger partial charge on any atom is -0.383 e. The summed E-state index contributed by atoms with van der Waals surface area (Å²) in [4.78, 5) is 32.0. The van der Waals surface area contributed by atoms with Gasteiger partial charge in [0.1, 0.15) is 11.5 Å². The van der Waals surface area contributed by atoms with Crippen LogP contribution in [0.3, 0.4) is 0 Å². The third-order valence-corrected chi connectivity index (χ3v) is 8.47. The summed E-state index contributed by atoms with van der Waals surface area (Å²) in [6.45, 7) is 0.278. The van der Waals surface area contributed by atoms with Crippen LogP contribution in [0, 0.1) is 11.8 Å². The van der Waals surface area contributed by atoms with Gasteiger partial charge in [-0.3, -0.25) is 9.59 Å². The van der Waals surface area contributed by atoms with Crippen LogP contribution in [0.15, 0.2) is 24.3 Å².